The van der Waals surface area contributed by atoms with E-state index in [-0.39, 0.29) is 12.6 Å². The van der Waals surface area contributed by atoms with Gasteiger partial charge in [0.2, 0.25) is 0 Å². The van der Waals surface area contributed by atoms with E-state index in [4.69, 9.17) is 5.11 Å². The predicted octanol–water partition coefficient (Wildman–Crippen LogP) is 1.39. The highest BCUT2D eigenvalue weighted by Crippen LogP contribution is 2.11. The summed E-state index contributed by atoms with van der Waals surface area (Å²) in [5.41, 5.74) is 1.40. The third-order valence-corrected chi connectivity index (χ3v) is 3.14. The van der Waals surface area contributed by atoms with Crippen molar-refractivity contribution in [1.82, 2.24) is 10.2 Å². The van der Waals surface area contributed by atoms with E-state index in [0.29, 0.717) is 6.04 Å². The first-order chi connectivity index (χ1) is 7.61. The highest BCUT2D eigenvalue weighted by molar-refractivity contribution is 4.95. The summed E-state index contributed by atoms with van der Waals surface area (Å²) in [6.45, 7) is 9.99. The van der Waals surface area contributed by atoms with Crippen molar-refractivity contribution in [1.29, 1.82) is 0 Å². The minimum Gasteiger partial charge on any atom is -0.395 e. The van der Waals surface area contributed by atoms with E-state index < -0.39 is 0 Å². The summed E-state index contributed by atoms with van der Waals surface area (Å²) < 4.78 is 0. The van der Waals surface area contributed by atoms with Crippen molar-refractivity contribution in [2.75, 3.05) is 26.2 Å². The van der Waals surface area contributed by atoms with Crippen LogP contribution in [0.4, 0.5) is 0 Å². The Labute approximate surface area is 99.5 Å². The molecular weight excluding hydrogens is 200 g/mol. The standard InChI is InChI=1S/C13H26N2O/c1-11(2)4-7-15-8-5-13(6-9-15)14-12(3)10-16/h4,12-14,16H,5-10H2,1-3H3. The lowest BCUT2D eigenvalue weighted by molar-refractivity contribution is 0.186. The van der Waals surface area contributed by atoms with Crippen LogP contribution in [0.5, 0.6) is 0 Å². The van der Waals surface area contributed by atoms with Gasteiger partial charge in [0.15, 0.2) is 0 Å². The topological polar surface area (TPSA) is 35.5 Å². The number of allylic oxidation sites excluding steroid dienone is 1. The molecule has 2 N–H and O–H groups in total. The van der Waals surface area contributed by atoms with Gasteiger partial charge in [-0.05, 0) is 46.7 Å². The minimum atomic E-state index is 0.231. The molecule has 3 heteroatoms. The van der Waals surface area contributed by atoms with Crippen LogP contribution in [0.1, 0.15) is 33.6 Å². The number of rotatable bonds is 5. The highest BCUT2D eigenvalue weighted by atomic mass is 16.3. The van der Waals surface area contributed by atoms with Crippen molar-refractivity contribution in [2.24, 2.45) is 0 Å². The lowest BCUT2D eigenvalue weighted by atomic mass is 10.0. The van der Waals surface area contributed by atoms with Crippen LogP contribution in [0.25, 0.3) is 0 Å². The number of aliphatic hydroxyl groups is 1. The normalized spacial score (nSPS) is 20.8. The Bertz CT molecular complexity index is 216. The molecule has 1 saturated heterocycles. The van der Waals surface area contributed by atoms with Crippen molar-refractivity contribution >= 4 is 0 Å². The van der Waals surface area contributed by atoms with Gasteiger partial charge in [-0.25, -0.2) is 0 Å². The van der Waals surface area contributed by atoms with Crippen LogP contribution in [-0.4, -0.2) is 48.3 Å². The highest BCUT2D eigenvalue weighted by Gasteiger charge is 2.19. The van der Waals surface area contributed by atoms with E-state index in [9.17, 15) is 0 Å². The first kappa shape index (κ1) is 13.7. The maximum atomic E-state index is 8.98. The van der Waals surface area contributed by atoms with Crippen LogP contribution in [-0.2, 0) is 0 Å². The SMILES string of the molecule is CC(C)=CCN1CCC(NC(C)CO)CC1. The maximum Gasteiger partial charge on any atom is 0.0582 e. The maximum absolute atomic E-state index is 8.98. The molecule has 0 spiro atoms. The van der Waals surface area contributed by atoms with E-state index in [1.807, 2.05) is 6.92 Å². The van der Waals surface area contributed by atoms with Crippen LogP contribution in [0.2, 0.25) is 0 Å². The average molecular weight is 226 g/mol. The Morgan fingerprint density at radius 3 is 2.56 bits per heavy atom. The van der Waals surface area contributed by atoms with Crippen LogP contribution >= 0.6 is 0 Å². The Morgan fingerprint density at radius 1 is 1.44 bits per heavy atom. The van der Waals surface area contributed by atoms with Crippen molar-refractivity contribution < 1.29 is 5.11 Å². The van der Waals surface area contributed by atoms with Gasteiger partial charge in [-0.1, -0.05) is 11.6 Å². The zero-order valence-electron chi connectivity index (χ0n) is 10.9. The van der Waals surface area contributed by atoms with Gasteiger partial charge in [-0.2, -0.15) is 0 Å². The fourth-order valence-electron chi connectivity index (χ4n) is 2.05. The molecule has 0 saturated carbocycles. The molecule has 0 aliphatic carbocycles. The van der Waals surface area contributed by atoms with E-state index in [1.54, 1.807) is 0 Å². The number of nitrogens with zero attached hydrogens (tertiary/aromatic N) is 1. The molecule has 0 bridgehead atoms. The molecule has 0 aromatic rings. The molecule has 94 valence electrons. The Morgan fingerprint density at radius 2 is 2.06 bits per heavy atom. The molecule has 1 heterocycles. The predicted molar refractivity (Wildman–Crippen MR) is 68.6 cm³/mol. The van der Waals surface area contributed by atoms with E-state index in [2.05, 4.69) is 30.1 Å². The Kier molecular flexibility index (Phi) is 6.03. The number of aliphatic hydroxyl groups excluding tert-OH is 1. The minimum absolute atomic E-state index is 0.231. The van der Waals surface area contributed by atoms with Gasteiger partial charge < -0.3 is 10.4 Å². The number of likely N-dealkylation sites (tertiary alicyclic amines) is 1. The fourth-order valence-corrected chi connectivity index (χ4v) is 2.05. The summed E-state index contributed by atoms with van der Waals surface area (Å²) in [6.07, 6.45) is 4.69. The molecule has 0 amide bonds. The zero-order chi connectivity index (χ0) is 12.0. The van der Waals surface area contributed by atoms with Crippen molar-refractivity contribution in [3.63, 3.8) is 0 Å². The van der Waals surface area contributed by atoms with Crippen molar-refractivity contribution in [2.45, 2.75) is 45.7 Å². The van der Waals surface area contributed by atoms with Crippen LogP contribution in [0.15, 0.2) is 11.6 Å². The van der Waals surface area contributed by atoms with Crippen molar-refractivity contribution in [3.05, 3.63) is 11.6 Å². The fraction of sp³-hybridized carbons (Fsp3) is 0.846. The summed E-state index contributed by atoms with van der Waals surface area (Å²) in [4.78, 5) is 2.49. The summed E-state index contributed by atoms with van der Waals surface area (Å²) >= 11 is 0. The summed E-state index contributed by atoms with van der Waals surface area (Å²) in [6, 6.07) is 0.819. The molecule has 1 aliphatic rings. The first-order valence-electron chi connectivity index (χ1n) is 6.34. The number of hydrogen-bond donors (Lipinski definition) is 2. The monoisotopic (exact) mass is 226 g/mol. The molecule has 3 nitrogen and oxygen atoms in total. The second kappa shape index (κ2) is 7.05. The quantitative estimate of drug-likeness (QED) is 0.695. The van der Waals surface area contributed by atoms with Gasteiger partial charge in [0.05, 0.1) is 6.61 Å². The third-order valence-electron chi connectivity index (χ3n) is 3.14. The number of piperidine rings is 1. The first-order valence-corrected chi connectivity index (χ1v) is 6.34. The molecule has 0 aromatic heterocycles. The molecule has 1 unspecified atom stereocenters. The largest absolute Gasteiger partial charge is 0.395 e. The van der Waals surface area contributed by atoms with Gasteiger partial charge >= 0.3 is 0 Å². The smallest absolute Gasteiger partial charge is 0.0582 e. The molecule has 16 heavy (non-hydrogen) atoms. The second-order valence-corrected chi connectivity index (χ2v) is 5.11. The molecule has 0 radical (unpaired) electrons. The average Bonchev–Trinajstić information content (AvgIpc) is 2.28. The summed E-state index contributed by atoms with van der Waals surface area (Å²) in [5.74, 6) is 0. The summed E-state index contributed by atoms with van der Waals surface area (Å²) in [5, 5.41) is 12.4. The van der Waals surface area contributed by atoms with E-state index in [0.717, 1.165) is 6.54 Å². The second-order valence-electron chi connectivity index (χ2n) is 5.11. The molecule has 1 atom stereocenters. The molecule has 1 rings (SSSR count). The van der Waals surface area contributed by atoms with E-state index in [1.165, 1.54) is 31.5 Å². The van der Waals surface area contributed by atoms with E-state index >= 15 is 0 Å². The van der Waals surface area contributed by atoms with Gasteiger partial charge in [-0.3, -0.25) is 4.90 Å². The van der Waals surface area contributed by atoms with Gasteiger partial charge in [0.1, 0.15) is 0 Å². The van der Waals surface area contributed by atoms with Gasteiger partial charge in [-0.15, -0.1) is 0 Å². The van der Waals surface area contributed by atoms with Gasteiger partial charge in [0, 0.05) is 18.6 Å². The third kappa shape index (κ3) is 5.10. The number of nitrogens with one attached hydrogen (secondary N) is 1. The molecule has 1 aliphatic heterocycles. The van der Waals surface area contributed by atoms with Crippen molar-refractivity contribution in [3.8, 4) is 0 Å². The van der Waals surface area contributed by atoms with Crippen LogP contribution in [0.3, 0.4) is 0 Å². The molecule has 1 fully saturated rings. The molecule has 0 aromatic carbocycles. The zero-order valence-corrected chi connectivity index (χ0v) is 10.9. The molecular formula is C13H26N2O. The lowest BCUT2D eigenvalue weighted by Gasteiger charge is -2.33. The lowest BCUT2D eigenvalue weighted by Crippen LogP contribution is -2.46. The van der Waals surface area contributed by atoms with Gasteiger partial charge in [0.25, 0.3) is 0 Å². The summed E-state index contributed by atoms with van der Waals surface area (Å²) in [7, 11) is 0. The Hall–Kier alpha value is -0.380. The number of hydrogen-bond acceptors (Lipinski definition) is 3. The van der Waals surface area contributed by atoms with Crippen LogP contribution < -0.4 is 5.32 Å². The van der Waals surface area contributed by atoms with Crippen LogP contribution in [0, 0.1) is 0 Å². The Balaban J connectivity index is 2.21.